The molecule has 9 nitrogen and oxygen atoms in total. The largest absolute Gasteiger partial charge is 0.497 e. The molecular formula is C25H29ClN6O3. The number of carbonyl (C=O) groups excluding carboxylic acids is 2. The number of aromatic nitrogens is 2. The maximum Gasteiger partial charge on any atom is 0.224 e. The summed E-state index contributed by atoms with van der Waals surface area (Å²) in [5, 5.41) is 12.7. The molecule has 0 spiro atoms. The number of ether oxygens (including phenoxy) is 1. The third-order valence-corrected chi connectivity index (χ3v) is 5.16. The highest BCUT2D eigenvalue weighted by atomic mass is 35.5. The van der Waals surface area contributed by atoms with Gasteiger partial charge in [-0.05, 0) is 42.0 Å². The summed E-state index contributed by atoms with van der Waals surface area (Å²) in [6.07, 6.45) is 0.292. The number of rotatable bonds is 12. The van der Waals surface area contributed by atoms with Crippen molar-refractivity contribution in [2.24, 2.45) is 0 Å². The summed E-state index contributed by atoms with van der Waals surface area (Å²) in [5.41, 5.74) is 1.73. The van der Waals surface area contributed by atoms with Gasteiger partial charge in [0.2, 0.25) is 11.8 Å². The highest BCUT2D eigenvalue weighted by Gasteiger charge is 2.08. The van der Waals surface area contributed by atoms with Gasteiger partial charge < -0.3 is 26.0 Å². The quantitative estimate of drug-likeness (QED) is 0.284. The van der Waals surface area contributed by atoms with Crippen LogP contribution in [0.4, 0.5) is 11.6 Å². The van der Waals surface area contributed by atoms with Crippen molar-refractivity contribution in [1.29, 1.82) is 0 Å². The second-order valence-electron chi connectivity index (χ2n) is 7.68. The average Bonchev–Trinajstić information content (AvgIpc) is 2.85. The fraction of sp³-hybridized carbons (Fsp3) is 0.280. The van der Waals surface area contributed by atoms with E-state index < -0.39 is 0 Å². The molecule has 0 aliphatic carbocycles. The Morgan fingerprint density at radius 1 is 0.857 bits per heavy atom. The highest BCUT2D eigenvalue weighted by Crippen LogP contribution is 2.22. The maximum atomic E-state index is 12.2. The summed E-state index contributed by atoms with van der Waals surface area (Å²) < 4.78 is 5.14. The van der Waals surface area contributed by atoms with Gasteiger partial charge in [0, 0.05) is 49.8 Å². The first kappa shape index (κ1) is 25.8. The van der Waals surface area contributed by atoms with Crippen LogP contribution in [0.25, 0.3) is 11.4 Å². The van der Waals surface area contributed by atoms with Gasteiger partial charge in [0.15, 0.2) is 5.82 Å². The number of hydrogen-bond donors (Lipinski definition) is 4. The van der Waals surface area contributed by atoms with E-state index in [2.05, 4.69) is 31.2 Å². The lowest BCUT2D eigenvalue weighted by molar-refractivity contribution is -0.120. The molecule has 3 rings (SSSR count). The molecule has 184 valence electrons. The fourth-order valence-corrected chi connectivity index (χ4v) is 3.30. The van der Waals surface area contributed by atoms with Crippen LogP contribution in [-0.4, -0.2) is 55.1 Å². The van der Waals surface area contributed by atoms with Crippen molar-refractivity contribution in [3.63, 3.8) is 0 Å². The maximum absolute atomic E-state index is 12.2. The smallest absolute Gasteiger partial charge is 0.224 e. The monoisotopic (exact) mass is 496 g/mol. The van der Waals surface area contributed by atoms with Crippen LogP contribution >= 0.6 is 11.6 Å². The van der Waals surface area contributed by atoms with Crippen LogP contribution < -0.4 is 26.0 Å². The number of halogens is 1. The minimum atomic E-state index is -0.0901. The molecule has 2 amide bonds. The van der Waals surface area contributed by atoms with Gasteiger partial charge in [-0.15, -0.1) is 0 Å². The minimum absolute atomic E-state index is 0.0677. The van der Waals surface area contributed by atoms with E-state index in [-0.39, 0.29) is 11.8 Å². The zero-order valence-corrected chi connectivity index (χ0v) is 20.5. The van der Waals surface area contributed by atoms with Crippen molar-refractivity contribution in [3.8, 4) is 17.1 Å². The van der Waals surface area contributed by atoms with Gasteiger partial charge in [0.25, 0.3) is 0 Å². The van der Waals surface area contributed by atoms with Gasteiger partial charge in [0.1, 0.15) is 17.4 Å². The Balaban J connectivity index is 1.57. The van der Waals surface area contributed by atoms with Gasteiger partial charge in [0.05, 0.1) is 13.5 Å². The second-order valence-corrected chi connectivity index (χ2v) is 8.12. The third kappa shape index (κ3) is 8.78. The lowest BCUT2D eigenvalue weighted by Gasteiger charge is -2.12. The van der Waals surface area contributed by atoms with Crippen molar-refractivity contribution in [2.45, 2.75) is 13.3 Å². The standard InChI is InChI=1S/C25H29ClN6O3/c1-17(33)27-11-12-28-22-16-23(32-25(31-22)19-5-7-20(26)8-6-19)29-13-14-30-24(34)15-18-3-9-21(35-2)10-4-18/h3-10,16H,11-15H2,1-2H3,(H,27,33)(H,30,34)(H2,28,29,31,32). The fourth-order valence-electron chi connectivity index (χ4n) is 3.17. The Kier molecular flexibility index (Phi) is 9.68. The van der Waals surface area contributed by atoms with Crippen molar-refractivity contribution < 1.29 is 14.3 Å². The molecule has 3 aromatic rings. The van der Waals surface area contributed by atoms with E-state index in [1.54, 1.807) is 25.3 Å². The number of amides is 2. The molecule has 0 unspecified atom stereocenters. The molecule has 0 saturated carbocycles. The molecule has 0 aliphatic rings. The minimum Gasteiger partial charge on any atom is -0.497 e. The first-order valence-corrected chi connectivity index (χ1v) is 11.6. The predicted octanol–water partition coefficient (Wildman–Crippen LogP) is 3.12. The summed E-state index contributed by atoms with van der Waals surface area (Å²) in [4.78, 5) is 32.5. The summed E-state index contributed by atoms with van der Waals surface area (Å²) in [5.74, 6) is 2.34. The Bertz CT molecular complexity index is 1120. The van der Waals surface area contributed by atoms with Crippen LogP contribution in [0.2, 0.25) is 5.02 Å². The number of nitrogens with one attached hydrogen (secondary N) is 4. The van der Waals surface area contributed by atoms with E-state index in [1.807, 2.05) is 36.4 Å². The number of carbonyl (C=O) groups is 2. The van der Waals surface area contributed by atoms with Crippen LogP contribution in [0.1, 0.15) is 12.5 Å². The Morgan fingerprint density at radius 2 is 1.46 bits per heavy atom. The molecule has 1 aromatic heterocycles. The van der Waals surface area contributed by atoms with Crippen LogP contribution in [0, 0.1) is 0 Å². The molecule has 0 fully saturated rings. The van der Waals surface area contributed by atoms with Crippen LogP contribution in [0.3, 0.4) is 0 Å². The molecule has 0 radical (unpaired) electrons. The Morgan fingerprint density at radius 3 is 2.03 bits per heavy atom. The summed E-state index contributed by atoms with van der Waals surface area (Å²) in [6, 6.07) is 16.5. The van der Waals surface area contributed by atoms with Gasteiger partial charge in [-0.2, -0.15) is 0 Å². The summed E-state index contributed by atoms with van der Waals surface area (Å²) >= 11 is 6.01. The lowest BCUT2D eigenvalue weighted by atomic mass is 10.1. The first-order chi connectivity index (χ1) is 16.9. The number of hydrogen-bond acceptors (Lipinski definition) is 7. The van der Waals surface area contributed by atoms with Gasteiger partial charge in [-0.25, -0.2) is 9.97 Å². The zero-order valence-electron chi connectivity index (χ0n) is 19.7. The average molecular weight is 497 g/mol. The van der Waals surface area contributed by atoms with Gasteiger partial charge in [-0.3, -0.25) is 9.59 Å². The van der Waals surface area contributed by atoms with Gasteiger partial charge >= 0.3 is 0 Å². The lowest BCUT2D eigenvalue weighted by Crippen LogP contribution is -2.30. The molecule has 0 aliphatic heterocycles. The Labute approximate surface area is 209 Å². The van der Waals surface area contributed by atoms with Crippen LogP contribution in [0.15, 0.2) is 54.6 Å². The molecule has 1 heterocycles. The number of anilines is 2. The molecule has 0 bridgehead atoms. The van der Waals surface area contributed by atoms with Crippen molar-refractivity contribution >= 4 is 35.1 Å². The third-order valence-electron chi connectivity index (χ3n) is 4.91. The SMILES string of the molecule is COc1ccc(CC(=O)NCCNc2cc(NCCNC(C)=O)nc(-c3ccc(Cl)cc3)n2)cc1. The van der Waals surface area contributed by atoms with E-state index >= 15 is 0 Å². The molecule has 0 saturated heterocycles. The van der Waals surface area contributed by atoms with Crippen LogP contribution in [-0.2, 0) is 16.0 Å². The predicted molar refractivity (Wildman–Crippen MR) is 138 cm³/mol. The Hall–Kier alpha value is -3.85. The summed E-state index contributed by atoms with van der Waals surface area (Å²) in [6.45, 7) is 3.37. The molecular weight excluding hydrogens is 468 g/mol. The topological polar surface area (TPSA) is 117 Å². The van der Waals surface area contributed by atoms with E-state index in [4.69, 9.17) is 16.3 Å². The second kappa shape index (κ2) is 13.1. The normalized spacial score (nSPS) is 10.4. The number of methoxy groups -OCH3 is 1. The molecule has 10 heteroatoms. The van der Waals surface area contributed by atoms with E-state index in [0.29, 0.717) is 55.1 Å². The number of benzene rings is 2. The first-order valence-electron chi connectivity index (χ1n) is 11.2. The molecule has 0 atom stereocenters. The van der Waals surface area contributed by atoms with E-state index in [1.165, 1.54) is 6.92 Å². The highest BCUT2D eigenvalue weighted by molar-refractivity contribution is 6.30. The van der Waals surface area contributed by atoms with E-state index in [9.17, 15) is 9.59 Å². The van der Waals surface area contributed by atoms with Crippen molar-refractivity contribution in [3.05, 3.63) is 65.2 Å². The molecule has 4 N–H and O–H groups in total. The van der Waals surface area contributed by atoms with Crippen LogP contribution in [0.5, 0.6) is 5.75 Å². The zero-order chi connectivity index (χ0) is 25.0. The summed E-state index contributed by atoms with van der Waals surface area (Å²) in [7, 11) is 1.61. The molecule has 2 aromatic carbocycles. The van der Waals surface area contributed by atoms with Gasteiger partial charge in [-0.1, -0.05) is 23.7 Å². The van der Waals surface area contributed by atoms with E-state index in [0.717, 1.165) is 16.9 Å². The molecule has 35 heavy (non-hydrogen) atoms. The number of nitrogens with zero attached hydrogens (tertiary/aromatic N) is 2. The van der Waals surface area contributed by atoms with Crippen molar-refractivity contribution in [1.82, 2.24) is 20.6 Å². The van der Waals surface area contributed by atoms with Crippen molar-refractivity contribution in [2.75, 3.05) is 43.9 Å².